The van der Waals surface area contributed by atoms with E-state index in [0.717, 1.165) is 31.6 Å². The summed E-state index contributed by atoms with van der Waals surface area (Å²) in [6, 6.07) is 0.151. The lowest BCUT2D eigenvalue weighted by Gasteiger charge is -2.15. The molecule has 2 heterocycles. The van der Waals surface area contributed by atoms with Crippen molar-refractivity contribution in [2.75, 3.05) is 6.61 Å². The van der Waals surface area contributed by atoms with E-state index in [-0.39, 0.29) is 6.04 Å². The van der Waals surface area contributed by atoms with Crippen LogP contribution in [0.15, 0.2) is 12.5 Å². The van der Waals surface area contributed by atoms with Crippen LogP contribution in [-0.4, -0.2) is 22.3 Å². The summed E-state index contributed by atoms with van der Waals surface area (Å²) in [4.78, 5) is 4.33. The number of aryl methyl sites for hydroxylation is 1. The zero-order chi connectivity index (χ0) is 12.1. The number of nitrogens with zero attached hydrogens (tertiary/aromatic N) is 2. The summed E-state index contributed by atoms with van der Waals surface area (Å²) in [6.45, 7) is 0.934. The van der Waals surface area contributed by atoms with Crippen LogP contribution in [0.25, 0.3) is 0 Å². The van der Waals surface area contributed by atoms with Crippen LogP contribution in [0.3, 0.4) is 0 Å². The minimum absolute atomic E-state index is 0.151. The monoisotopic (exact) mass is 238 g/mol. The number of aromatic nitrogens is 2. The summed E-state index contributed by atoms with van der Waals surface area (Å²) in [5, 5.41) is 0. The van der Waals surface area contributed by atoms with Crippen LogP contribution in [0.5, 0.6) is 0 Å². The second-order valence-electron chi connectivity index (χ2n) is 4.75. The Hall–Kier alpha value is -0.910. The van der Waals surface area contributed by atoms with Crippen LogP contribution in [-0.2, 0) is 11.8 Å². The maximum Gasteiger partial charge on any atom is 0.0947 e. The SMILES string of the molecule is Cn1cnc(C(CCCC2CCCO2)NN)c1. The van der Waals surface area contributed by atoms with Crippen LogP contribution < -0.4 is 11.3 Å². The predicted molar refractivity (Wildman–Crippen MR) is 66.1 cm³/mol. The van der Waals surface area contributed by atoms with E-state index in [1.165, 1.54) is 12.8 Å². The molecule has 1 fully saturated rings. The summed E-state index contributed by atoms with van der Waals surface area (Å²) in [5.74, 6) is 5.58. The quantitative estimate of drug-likeness (QED) is 0.578. The average molecular weight is 238 g/mol. The summed E-state index contributed by atoms with van der Waals surface area (Å²) in [6.07, 6.45) is 9.97. The molecule has 2 rings (SSSR count). The third kappa shape index (κ3) is 3.52. The molecule has 0 radical (unpaired) electrons. The van der Waals surface area contributed by atoms with Gasteiger partial charge in [0, 0.05) is 19.9 Å². The smallest absolute Gasteiger partial charge is 0.0947 e. The highest BCUT2D eigenvalue weighted by Crippen LogP contribution is 2.21. The fourth-order valence-electron chi connectivity index (χ4n) is 2.35. The van der Waals surface area contributed by atoms with Crippen LogP contribution >= 0.6 is 0 Å². The maximum atomic E-state index is 5.61. The lowest BCUT2D eigenvalue weighted by atomic mass is 10.0. The molecule has 1 aliphatic heterocycles. The molecule has 1 aromatic rings. The molecule has 5 heteroatoms. The van der Waals surface area contributed by atoms with E-state index in [1.54, 1.807) is 6.33 Å². The molecule has 0 amide bonds. The number of hydrogen-bond donors (Lipinski definition) is 2. The second-order valence-corrected chi connectivity index (χ2v) is 4.75. The standard InChI is InChI=1S/C12H22N4O/c1-16-8-12(14-9-16)11(15-13)6-2-4-10-5-3-7-17-10/h8-11,15H,2-7,13H2,1H3. The van der Waals surface area contributed by atoms with Crippen molar-refractivity contribution in [2.24, 2.45) is 12.9 Å². The predicted octanol–water partition coefficient (Wildman–Crippen LogP) is 1.27. The molecule has 2 unspecified atom stereocenters. The molecule has 0 bridgehead atoms. The largest absolute Gasteiger partial charge is 0.378 e. The number of nitrogens with one attached hydrogen (secondary N) is 1. The van der Waals surface area contributed by atoms with Crippen molar-refractivity contribution in [3.8, 4) is 0 Å². The number of nitrogens with two attached hydrogens (primary N) is 1. The molecule has 0 saturated carbocycles. The third-order valence-corrected chi connectivity index (χ3v) is 3.33. The molecule has 1 aromatic heterocycles. The highest BCUT2D eigenvalue weighted by atomic mass is 16.5. The van der Waals surface area contributed by atoms with Gasteiger partial charge in [-0.1, -0.05) is 0 Å². The van der Waals surface area contributed by atoms with Crippen LogP contribution in [0.2, 0.25) is 0 Å². The van der Waals surface area contributed by atoms with Gasteiger partial charge in [0.2, 0.25) is 0 Å². The third-order valence-electron chi connectivity index (χ3n) is 3.33. The second kappa shape index (κ2) is 6.14. The van der Waals surface area contributed by atoms with Crippen molar-refractivity contribution in [1.82, 2.24) is 15.0 Å². The minimum atomic E-state index is 0.151. The van der Waals surface area contributed by atoms with Gasteiger partial charge >= 0.3 is 0 Å². The molecule has 3 N–H and O–H groups in total. The molecule has 0 spiro atoms. The first kappa shape index (κ1) is 12.5. The molecule has 2 atom stereocenters. The maximum absolute atomic E-state index is 5.61. The molecule has 5 nitrogen and oxygen atoms in total. The van der Waals surface area contributed by atoms with Gasteiger partial charge in [-0.3, -0.25) is 11.3 Å². The Morgan fingerprint density at radius 2 is 2.59 bits per heavy atom. The molecular weight excluding hydrogens is 216 g/mol. The Kier molecular flexibility index (Phi) is 4.53. The van der Waals surface area contributed by atoms with Gasteiger partial charge in [-0.05, 0) is 32.1 Å². The van der Waals surface area contributed by atoms with Crippen molar-refractivity contribution < 1.29 is 4.74 Å². The van der Waals surface area contributed by atoms with Gasteiger partial charge < -0.3 is 9.30 Å². The first-order chi connectivity index (χ1) is 8.29. The van der Waals surface area contributed by atoms with Crippen molar-refractivity contribution in [2.45, 2.75) is 44.2 Å². The van der Waals surface area contributed by atoms with E-state index >= 15 is 0 Å². The van der Waals surface area contributed by atoms with E-state index in [1.807, 2.05) is 17.8 Å². The van der Waals surface area contributed by atoms with E-state index in [2.05, 4.69) is 10.4 Å². The van der Waals surface area contributed by atoms with Crippen molar-refractivity contribution in [1.29, 1.82) is 0 Å². The Balaban J connectivity index is 1.75. The van der Waals surface area contributed by atoms with E-state index in [0.29, 0.717) is 6.10 Å². The first-order valence-corrected chi connectivity index (χ1v) is 6.35. The molecule has 96 valence electrons. The number of imidazole rings is 1. The van der Waals surface area contributed by atoms with Gasteiger partial charge in [-0.2, -0.15) is 0 Å². The lowest BCUT2D eigenvalue weighted by Crippen LogP contribution is -2.28. The zero-order valence-corrected chi connectivity index (χ0v) is 10.4. The molecule has 0 aromatic carbocycles. The van der Waals surface area contributed by atoms with Gasteiger partial charge in [0.05, 0.1) is 24.2 Å². The van der Waals surface area contributed by atoms with Crippen molar-refractivity contribution in [3.05, 3.63) is 18.2 Å². The zero-order valence-electron chi connectivity index (χ0n) is 10.4. The average Bonchev–Trinajstić information content (AvgIpc) is 2.96. The highest BCUT2D eigenvalue weighted by molar-refractivity contribution is 5.02. The first-order valence-electron chi connectivity index (χ1n) is 6.35. The van der Waals surface area contributed by atoms with Crippen LogP contribution in [0, 0.1) is 0 Å². The van der Waals surface area contributed by atoms with Gasteiger partial charge in [0.15, 0.2) is 0 Å². The van der Waals surface area contributed by atoms with Crippen molar-refractivity contribution >= 4 is 0 Å². The Labute approximate surface area is 102 Å². The Morgan fingerprint density at radius 1 is 1.71 bits per heavy atom. The summed E-state index contributed by atoms with van der Waals surface area (Å²) >= 11 is 0. The number of hydrazine groups is 1. The minimum Gasteiger partial charge on any atom is -0.378 e. The van der Waals surface area contributed by atoms with Gasteiger partial charge in [0.1, 0.15) is 0 Å². The molecule has 17 heavy (non-hydrogen) atoms. The molecule has 0 aliphatic carbocycles. The summed E-state index contributed by atoms with van der Waals surface area (Å²) in [7, 11) is 1.97. The summed E-state index contributed by atoms with van der Waals surface area (Å²) < 4.78 is 7.55. The summed E-state index contributed by atoms with van der Waals surface area (Å²) in [5.41, 5.74) is 3.86. The molecular formula is C12H22N4O. The van der Waals surface area contributed by atoms with Gasteiger partial charge in [-0.25, -0.2) is 4.98 Å². The normalized spacial score (nSPS) is 21.9. The number of hydrogen-bond acceptors (Lipinski definition) is 4. The van der Waals surface area contributed by atoms with E-state index in [4.69, 9.17) is 10.6 Å². The van der Waals surface area contributed by atoms with Crippen LogP contribution in [0.1, 0.15) is 43.8 Å². The van der Waals surface area contributed by atoms with E-state index in [9.17, 15) is 0 Å². The Morgan fingerprint density at radius 3 is 3.18 bits per heavy atom. The molecule has 1 aliphatic rings. The van der Waals surface area contributed by atoms with Crippen molar-refractivity contribution in [3.63, 3.8) is 0 Å². The fraction of sp³-hybridized carbons (Fsp3) is 0.750. The number of ether oxygens (including phenoxy) is 1. The number of rotatable bonds is 6. The van der Waals surface area contributed by atoms with Gasteiger partial charge in [0.25, 0.3) is 0 Å². The Bertz CT molecular complexity index is 333. The van der Waals surface area contributed by atoms with E-state index < -0.39 is 0 Å². The fourth-order valence-corrected chi connectivity index (χ4v) is 2.35. The molecule has 1 saturated heterocycles. The lowest BCUT2D eigenvalue weighted by molar-refractivity contribution is 0.101. The van der Waals surface area contributed by atoms with Gasteiger partial charge in [-0.15, -0.1) is 0 Å². The van der Waals surface area contributed by atoms with Crippen LogP contribution in [0.4, 0.5) is 0 Å². The highest BCUT2D eigenvalue weighted by Gasteiger charge is 2.17. The topological polar surface area (TPSA) is 65.1 Å².